The van der Waals surface area contributed by atoms with Crippen LogP contribution < -0.4 is 5.46 Å². The van der Waals surface area contributed by atoms with Crippen LogP contribution >= 0.6 is 0 Å². The number of H-pyrrole nitrogens is 1. The van der Waals surface area contributed by atoms with Crippen molar-refractivity contribution in [3.63, 3.8) is 0 Å². The van der Waals surface area contributed by atoms with Gasteiger partial charge < -0.3 is 14.3 Å². The van der Waals surface area contributed by atoms with Gasteiger partial charge in [-0.2, -0.15) is 0 Å². The molecule has 1 aliphatic rings. The first-order valence-corrected chi connectivity index (χ1v) is 7.68. The zero-order chi connectivity index (χ0) is 15.4. The standard InChI is InChI=1S/C17H24BNO2/c1-11(2)14-10-19-15-8-7-12(9-13(14)15)18-20-16(3,4)17(5,6)21-18/h7-11,19H,1-6H3. The lowest BCUT2D eigenvalue weighted by Gasteiger charge is -2.32. The third-order valence-corrected chi connectivity index (χ3v) is 4.89. The van der Waals surface area contributed by atoms with Crippen LogP contribution in [0.3, 0.4) is 0 Å². The molecule has 1 fully saturated rings. The average molecular weight is 285 g/mol. The molecular weight excluding hydrogens is 261 g/mol. The summed E-state index contributed by atoms with van der Waals surface area (Å²) in [7, 11) is -0.297. The molecule has 1 aromatic carbocycles. The fraction of sp³-hybridized carbons (Fsp3) is 0.529. The molecule has 1 aliphatic heterocycles. The van der Waals surface area contributed by atoms with Crippen molar-refractivity contribution in [2.75, 3.05) is 0 Å². The summed E-state index contributed by atoms with van der Waals surface area (Å²) in [5.41, 5.74) is 2.99. The van der Waals surface area contributed by atoms with E-state index in [-0.39, 0.29) is 18.3 Å². The van der Waals surface area contributed by atoms with Gasteiger partial charge in [0, 0.05) is 17.1 Å². The first kappa shape index (κ1) is 14.7. The SMILES string of the molecule is CC(C)c1c[nH]c2ccc(B3OC(C)(C)C(C)(C)O3)cc12. The molecule has 2 heterocycles. The molecule has 3 nitrogen and oxygen atoms in total. The number of hydrogen-bond donors (Lipinski definition) is 1. The lowest BCUT2D eigenvalue weighted by molar-refractivity contribution is 0.00578. The second kappa shape index (κ2) is 4.62. The van der Waals surface area contributed by atoms with Crippen LogP contribution in [0.25, 0.3) is 10.9 Å². The molecule has 112 valence electrons. The van der Waals surface area contributed by atoms with E-state index in [0.717, 1.165) is 5.46 Å². The van der Waals surface area contributed by atoms with E-state index in [9.17, 15) is 0 Å². The van der Waals surface area contributed by atoms with Gasteiger partial charge in [-0.3, -0.25) is 0 Å². The highest BCUT2D eigenvalue weighted by molar-refractivity contribution is 6.62. The van der Waals surface area contributed by atoms with Crippen LogP contribution in [-0.4, -0.2) is 23.3 Å². The summed E-state index contributed by atoms with van der Waals surface area (Å²) in [5.74, 6) is 0.493. The van der Waals surface area contributed by atoms with E-state index in [2.05, 4.69) is 70.9 Å². The molecule has 21 heavy (non-hydrogen) atoms. The van der Waals surface area contributed by atoms with Gasteiger partial charge in [-0.15, -0.1) is 0 Å². The number of hydrogen-bond acceptors (Lipinski definition) is 2. The summed E-state index contributed by atoms with van der Waals surface area (Å²) < 4.78 is 12.3. The van der Waals surface area contributed by atoms with Gasteiger partial charge in [0.25, 0.3) is 0 Å². The van der Waals surface area contributed by atoms with Crippen LogP contribution in [0.2, 0.25) is 0 Å². The highest BCUT2D eigenvalue weighted by atomic mass is 16.7. The van der Waals surface area contributed by atoms with Crippen molar-refractivity contribution < 1.29 is 9.31 Å². The fourth-order valence-electron chi connectivity index (χ4n) is 2.76. The lowest BCUT2D eigenvalue weighted by atomic mass is 9.78. The van der Waals surface area contributed by atoms with Crippen molar-refractivity contribution in [1.29, 1.82) is 0 Å². The van der Waals surface area contributed by atoms with Crippen molar-refractivity contribution in [3.05, 3.63) is 30.0 Å². The molecular formula is C17H24BNO2. The maximum absolute atomic E-state index is 6.14. The maximum atomic E-state index is 6.14. The molecule has 0 bridgehead atoms. The molecule has 3 rings (SSSR count). The van der Waals surface area contributed by atoms with E-state index in [0.29, 0.717) is 5.92 Å². The third-order valence-electron chi connectivity index (χ3n) is 4.89. The van der Waals surface area contributed by atoms with Crippen molar-refractivity contribution in [3.8, 4) is 0 Å². The van der Waals surface area contributed by atoms with Crippen molar-refractivity contribution >= 4 is 23.5 Å². The van der Waals surface area contributed by atoms with Gasteiger partial charge in [-0.1, -0.05) is 26.0 Å². The van der Waals surface area contributed by atoms with E-state index < -0.39 is 0 Å². The normalized spacial score (nSPS) is 20.6. The summed E-state index contributed by atoms with van der Waals surface area (Å²) in [5, 5.41) is 1.26. The highest BCUT2D eigenvalue weighted by Crippen LogP contribution is 2.36. The summed E-state index contributed by atoms with van der Waals surface area (Å²) in [6, 6.07) is 6.40. The lowest BCUT2D eigenvalue weighted by Crippen LogP contribution is -2.41. The Morgan fingerprint density at radius 3 is 2.24 bits per heavy atom. The van der Waals surface area contributed by atoms with Crippen LogP contribution in [0.4, 0.5) is 0 Å². The van der Waals surface area contributed by atoms with Gasteiger partial charge in [0.1, 0.15) is 0 Å². The largest absolute Gasteiger partial charge is 0.494 e. The number of fused-ring (bicyclic) bond motifs is 1. The quantitative estimate of drug-likeness (QED) is 0.856. The van der Waals surface area contributed by atoms with E-state index in [1.807, 2.05) is 0 Å². The minimum Gasteiger partial charge on any atom is -0.399 e. The van der Waals surface area contributed by atoms with Crippen molar-refractivity contribution in [2.45, 2.75) is 58.7 Å². The van der Waals surface area contributed by atoms with Gasteiger partial charge in [0.05, 0.1) is 11.2 Å². The van der Waals surface area contributed by atoms with Crippen LogP contribution in [0.5, 0.6) is 0 Å². The number of nitrogens with one attached hydrogen (secondary N) is 1. The number of benzene rings is 1. The van der Waals surface area contributed by atoms with Crippen LogP contribution in [-0.2, 0) is 9.31 Å². The molecule has 2 aromatic rings. The van der Waals surface area contributed by atoms with E-state index in [1.54, 1.807) is 0 Å². The van der Waals surface area contributed by atoms with Crippen molar-refractivity contribution in [1.82, 2.24) is 4.98 Å². The molecule has 0 saturated carbocycles. The molecule has 0 radical (unpaired) electrons. The molecule has 1 N–H and O–H groups in total. The van der Waals surface area contributed by atoms with Gasteiger partial charge in [-0.05, 0) is 50.7 Å². The molecule has 0 unspecified atom stereocenters. The number of aromatic amines is 1. The summed E-state index contributed by atoms with van der Waals surface area (Å²) in [6.07, 6.45) is 2.10. The van der Waals surface area contributed by atoms with Gasteiger partial charge in [0.2, 0.25) is 0 Å². The summed E-state index contributed by atoms with van der Waals surface area (Å²) in [4.78, 5) is 3.34. The second-order valence-electron chi connectivity index (χ2n) is 7.29. The van der Waals surface area contributed by atoms with E-state index in [4.69, 9.17) is 9.31 Å². The predicted octanol–water partition coefficient (Wildman–Crippen LogP) is 3.59. The smallest absolute Gasteiger partial charge is 0.399 e. The molecule has 0 atom stereocenters. The number of aromatic nitrogens is 1. The summed E-state index contributed by atoms with van der Waals surface area (Å²) in [6.45, 7) is 12.8. The monoisotopic (exact) mass is 285 g/mol. The van der Waals surface area contributed by atoms with E-state index in [1.165, 1.54) is 16.5 Å². The van der Waals surface area contributed by atoms with Crippen LogP contribution in [0, 0.1) is 0 Å². The zero-order valence-electron chi connectivity index (χ0n) is 13.8. The molecule has 4 heteroatoms. The van der Waals surface area contributed by atoms with Gasteiger partial charge in [-0.25, -0.2) is 0 Å². The van der Waals surface area contributed by atoms with Crippen molar-refractivity contribution in [2.24, 2.45) is 0 Å². The third kappa shape index (κ3) is 2.31. The van der Waals surface area contributed by atoms with E-state index >= 15 is 0 Å². The molecule has 0 amide bonds. The molecule has 0 spiro atoms. The number of rotatable bonds is 2. The Balaban J connectivity index is 2.01. The Kier molecular flexibility index (Phi) is 3.23. The maximum Gasteiger partial charge on any atom is 0.494 e. The zero-order valence-corrected chi connectivity index (χ0v) is 13.8. The Morgan fingerprint density at radius 2 is 1.67 bits per heavy atom. The Morgan fingerprint density at radius 1 is 1.05 bits per heavy atom. The van der Waals surface area contributed by atoms with Gasteiger partial charge in [0.15, 0.2) is 0 Å². The Labute approximate surface area is 127 Å². The van der Waals surface area contributed by atoms with Crippen LogP contribution in [0.15, 0.2) is 24.4 Å². The highest BCUT2D eigenvalue weighted by Gasteiger charge is 2.51. The molecule has 1 aromatic heterocycles. The Bertz CT molecular complexity index is 656. The first-order chi connectivity index (χ1) is 9.71. The Hall–Kier alpha value is -1.26. The topological polar surface area (TPSA) is 34.2 Å². The minimum atomic E-state index is -0.300. The fourth-order valence-corrected chi connectivity index (χ4v) is 2.76. The second-order valence-corrected chi connectivity index (χ2v) is 7.29. The predicted molar refractivity (Wildman–Crippen MR) is 88.1 cm³/mol. The van der Waals surface area contributed by atoms with Crippen LogP contribution in [0.1, 0.15) is 53.0 Å². The van der Waals surface area contributed by atoms with Gasteiger partial charge >= 0.3 is 7.12 Å². The molecule has 1 saturated heterocycles. The average Bonchev–Trinajstić information content (AvgIpc) is 2.87. The summed E-state index contributed by atoms with van der Waals surface area (Å²) >= 11 is 0. The molecule has 0 aliphatic carbocycles. The minimum absolute atomic E-state index is 0.297. The first-order valence-electron chi connectivity index (χ1n) is 7.68.